The molecule has 0 N–H and O–H groups in total. The van der Waals surface area contributed by atoms with E-state index in [0.717, 1.165) is 24.3 Å². The fraction of sp³-hybridized carbons (Fsp3) is 0.286. The van der Waals surface area contributed by atoms with Crippen LogP contribution in [-0.2, 0) is 4.74 Å². The second kappa shape index (κ2) is 5.86. The van der Waals surface area contributed by atoms with Crippen molar-refractivity contribution < 1.29 is 4.74 Å². The van der Waals surface area contributed by atoms with Gasteiger partial charge in [-0.1, -0.05) is 18.2 Å². The number of benzene rings is 1. The normalized spacial score (nSPS) is 14.4. The van der Waals surface area contributed by atoms with Gasteiger partial charge in [-0.25, -0.2) is 0 Å². The van der Waals surface area contributed by atoms with Crippen LogP contribution >= 0.6 is 0 Å². The SMILES string of the molecule is N#CC(C#N)=Cc1ccccc1N1CCOCC1. The summed E-state index contributed by atoms with van der Waals surface area (Å²) in [6, 6.07) is 11.6. The molecule has 0 atom stereocenters. The Kier molecular flexibility index (Phi) is 3.96. The van der Waals surface area contributed by atoms with E-state index in [1.165, 1.54) is 0 Å². The topological polar surface area (TPSA) is 60.0 Å². The van der Waals surface area contributed by atoms with Crippen molar-refractivity contribution in [1.82, 2.24) is 0 Å². The first kappa shape index (κ1) is 12.2. The maximum Gasteiger partial charge on any atom is 0.130 e. The molecule has 2 rings (SSSR count). The van der Waals surface area contributed by atoms with E-state index in [1.54, 1.807) is 6.08 Å². The molecular weight excluding hydrogens is 226 g/mol. The highest BCUT2D eigenvalue weighted by molar-refractivity contribution is 5.72. The molecule has 0 bridgehead atoms. The third-order valence-corrected chi connectivity index (χ3v) is 2.83. The summed E-state index contributed by atoms with van der Waals surface area (Å²) in [7, 11) is 0. The van der Waals surface area contributed by atoms with Crippen LogP contribution in [0.25, 0.3) is 6.08 Å². The van der Waals surface area contributed by atoms with E-state index in [2.05, 4.69) is 4.90 Å². The van der Waals surface area contributed by atoms with Crippen LogP contribution in [0.4, 0.5) is 5.69 Å². The Hall–Kier alpha value is -2.30. The lowest BCUT2D eigenvalue weighted by atomic mass is 10.1. The van der Waals surface area contributed by atoms with Gasteiger partial charge in [-0.3, -0.25) is 0 Å². The predicted molar refractivity (Wildman–Crippen MR) is 68.7 cm³/mol. The Morgan fingerprint density at radius 3 is 2.50 bits per heavy atom. The summed E-state index contributed by atoms with van der Waals surface area (Å²) in [6.07, 6.45) is 1.63. The first-order valence-electron chi connectivity index (χ1n) is 5.79. The molecule has 1 heterocycles. The monoisotopic (exact) mass is 239 g/mol. The molecule has 90 valence electrons. The summed E-state index contributed by atoms with van der Waals surface area (Å²) in [5.74, 6) is 0. The smallest absolute Gasteiger partial charge is 0.130 e. The van der Waals surface area contributed by atoms with Crippen molar-refractivity contribution in [2.75, 3.05) is 31.2 Å². The van der Waals surface area contributed by atoms with Gasteiger partial charge in [0.1, 0.15) is 17.7 Å². The minimum atomic E-state index is 0.121. The standard InChI is InChI=1S/C14H13N3O/c15-10-12(11-16)9-13-3-1-2-4-14(13)17-5-7-18-8-6-17/h1-4,9H,5-8H2. The largest absolute Gasteiger partial charge is 0.378 e. The number of rotatable bonds is 2. The van der Waals surface area contributed by atoms with Crippen molar-refractivity contribution in [3.05, 3.63) is 35.4 Å². The highest BCUT2D eigenvalue weighted by Gasteiger charge is 2.13. The van der Waals surface area contributed by atoms with E-state index >= 15 is 0 Å². The third kappa shape index (κ3) is 2.68. The highest BCUT2D eigenvalue weighted by Crippen LogP contribution is 2.23. The summed E-state index contributed by atoms with van der Waals surface area (Å²) in [5.41, 5.74) is 2.07. The van der Waals surface area contributed by atoms with Crippen LogP contribution in [0.1, 0.15) is 5.56 Å². The van der Waals surface area contributed by atoms with E-state index in [1.807, 2.05) is 36.4 Å². The number of para-hydroxylation sites is 1. The minimum absolute atomic E-state index is 0.121. The van der Waals surface area contributed by atoms with Gasteiger partial charge in [-0.2, -0.15) is 10.5 Å². The van der Waals surface area contributed by atoms with Crippen molar-refractivity contribution in [2.24, 2.45) is 0 Å². The lowest BCUT2D eigenvalue weighted by Gasteiger charge is -2.30. The van der Waals surface area contributed by atoms with Crippen molar-refractivity contribution in [3.8, 4) is 12.1 Å². The lowest BCUT2D eigenvalue weighted by Crippen LogP contribution is -2.36. The number of hydrogen-bond acceptors (Lipinski definition) is 4. The molecule has 1 aromatic rings. The third-order valence-electron chi connectivity index (χ3n) is 2.83. The van der Waals surface area contributed by atoms with Crippen LogP contribution < -0.4 is 4.90 Å². The number of morpholine rings is 1. The Labute approximate surface area is 106 Å². The van der Waals surface area contributed by atoms with E-state index in [9.17, 15) is 0 Å². The van der Waals surface area contributed by atoms with Crippen molar-refractivity contribution in [3.63, 3.8) is 0 Å². The molecule has 0 radical (unpaired) electrons. The van der Waals surface area contributed by atoms with Gasteiger partial charge in [-0.05, 0) is 17.7 Å². The number of ether oxygens (including phenoxy) is 1. The maximum absolute atomic E-state index is 8.81. The van der Waals surface area contributed by atoms with Crippen LogP contribution in [0.5, 0.6) is 0 Å². The molecule has 0 spiro atoms. The molecule has 4 heteroatoms. The van der Waals surface area contributed by atoms with Crippen LogP contribution in [0.3, 0.4) is 0 Å². The van der Waals surface area contributed by atoms with Gasteiger partial charge in [0.15, 0.2) is 0 Å². The maximum atomic E-state index is 8.81. The fourth-order valence-corrected chi connectivity index (χ4v) is 1.95. The average Bonchev–Trinajstić information content (AvgIpc) is 2.46. The van der Waals surface area contributed by atoms with E-state index < -0.39 is 0 Å². The Morgan fingerprint density at radius 2 is 1.83 bits per heavy atom. The number of hydrogen-bond donors (Lipinski definition) is 0. The number of anilines is 1. The lowest BCUT2D eigenvalue weighted by molar-refractivity contribution is 0.122. The molecule has 4 nitrogen and oxygen atoms in total. The molecule has 0 aliphatic carbocycles. The molecule has 1 aliphatic rings. The Balaban J connectivity index is 2.34. The van der Waals surface area contributed by atoms with Crippen molar-refractivity contribution in [2.45, 2.75) is 0 Å². The summed E-state index contributed by atoms with van der Waals surface area (Å²) in [6.45, 7) is 3.08. The van der Waals surface area contributed by atoms with Gasteiger partial charge in [0.25, 0.3) is 0 Å². The molecule has 0 aromatic heterocycles. The quantitative estimate of drug-likeness (QED) is 0.740. The van der Waals surface area contributed by atoms with Crippen molar-refractivity contribution in [1.29, 1.82) is 10.5 Å². The van der Waals surface area contributed by atoms with E-state index in [0.29, 0.717) is 13.2 Å². The van der Waals surface area contributed by atoms with Crippen molar-refractivity contribution >= 4 is 11.8 Å². The molecule has 18 heavy (non-hydrogen) atoms. The van der Waals surface area contributed by atoms with Gasteiger partial charge < -0.3 is 9.64 Å². The first-order chi connectivity index (χ1) is 8.85. The summed E-state index contributed by atoms with van der Waals surface area (Å²) in [5, 5.41) is 17.6. The van der Waals surface area contributed by atoms with E-state index in [4.69, 9.17) is 15.3 Å². The predicted octanol–water partition coefficient (Wildman–Crippen LogP) is 1.95. The summed E-state index contributed by atoms with van der Waals surface area (Å²) in [4.78, 5) is 2.21. The molecule has 1 fully saturated rings. The summed E-state index contributed by atoms with van der Waals surface area (Å²) < 4.78 is 5.32. The number of nitriles is 2. The zero-order valence-corrected chi connectivity index (χ0v) is 9.97. The van der Waals surface area contributed by atoms with Gasteiger partial charge in [-0.15, -0.1) is 0 Å². The molecular formula is C14H13N3O. The second-order valence-electron chi connectivity index (χ2n) is 3.94. The van der Waals surface area contributed by atoms with Gasteiger partial charge >= 0.3 is 0 Å². The number of nitrogens with zero attached hydrogens (tertiary/aromatic N) is 3. The fourth-order valence-electron chi connectivity index (χ4n) is 1.95. The first-order valence-corrected chi connectivity index (χ1v) is 5.79. The second-order valence-corrected chi connectivity index (χ2v) is 3.94. The van der Waals surface area contributed by atoms with Gasteiger partial charge in [0.05, 0.1) is 13.2 Å². The Bertz CT molecular complexity index is 515. The molecule has 0 unspecified atom stereocenters. The van der Waals surface area contributed by atoms with Gasteiger partial charge in [0, 0.05) is 18.8 Å². The zero-order valence-electron chi connectivity index (χ0n) is 9.97. The van der Waals surface area contributed by atoms with Crippen LogP contribution in [0.2, 0.25) is 0 Å². The molecule has 1 aliphatic heterocycles. The molecule has 1 aromatic carbocycles. The van der Waals surface area contributed by atoms with Crippen LogP contribution in [0.15, 0.2) is 29.8 Å². The highest BCUT2D eigenvalue weighted by atomic mass is 16.5. The van der Waals surface area contributed by atoms with Crippen LogP contribution in [-0.4, -0.2) is 26.3 Å². The zero-order chi connectivity index (χ0) is 12.8. The number of allylic oxidation sites excluding steroid dienone is 1. The van der Waals surface area contributed by atoms with Crippen LogP contribution in [0, 0.1) is 22.7 Å². The minimum Gasteiger partial charge on any atom is -0.378 e. The average molecular weight is 239 g/mol. The summed E-state index contributed by atoms with van der Waals surface area (Å²) >= 11 is 0. The Morgan fingerprint density at radius 1 is 1.17 bits per heavy atom. The molecule has 0 saturated carbocycles. The molecule has 0 amide bonds. The molecule has 1 saturated heterocycles. The van der Waals surface area contributed by atoms with Gasteiger partial charge in [0.2, 0.25) is 0 Å². The van der Waals surface area contributed by atoms with E-state index in [-0.39, 0.29) is 5.57 Å².